The van der Waals surface area contributed by atoms with E-state index in [9.17, 15) is 14.4 Å². The lowest BCUT2D eigenvalue weighted by Crippen LogP contribution is -2.45. The van der Waals surface area contributed by atoms with Gasteiger partial charge in [0.2, 0.25) is 5.91 Å². The highest BCUT2D eigenvalue weighted by Gasteiger charge is 2.20. The van der Waals surface area contributed by atoms with Crippen LogP contribution in [0.15, 0.2) is 0 Å². The van der Waals surface area contributed by atoms with Crippen molar-refractivity contribution in [1.29, 1.82) is 0 Å². The van der Waals surface area contributed by atoms with Crippen LogP contribution in [0.4, 0.5) is 4.79 Å². The Morgan fingerprint density at radius 1 is 1.28 bits per heavy atom. The standard InChI is InChI=1S/C11H20N2O5/c1-4-8(3)13(7-10(15)16)6-9(14)12-11(17)18-5-2/h8H,4-7H2,1-3H3,(H,15,16)(H,12,14,17). The monoisotopic (exact) mass is 260 g/mol. The molecule has 0 fully saturated rings. The van der Waals surface area contributed by atoms with Crippen molar-refractivity contribution in [2.75, 3.05) is 19.7 Å². The van der Waals surface area contributed by atoms with Crippen LogP contribution in [-0.2, 0) is 14.3 Å². The van der Waals surface area contributed by atoms with Crippen molar-refractivity contribution in [3.63, 3.8) is 0 Å². The molecule has 0 heterocycles. The van der Waals surface area contributed by atoms with Crippen molar-refractivity contribution < 1.29 is 24.2 Å². The Bertz CT molecular complexity index is 306. The van der Waals surface area contributed by atoms with Gasteiger partial charge in [0.25, 0.3) is 0 Å². The third-order valence-corrected chi connectivity index (χ3v) is 2.42. The smallest absolute Gasteiger partial charge is 0.413 e. The van der Waals surface area contributed by atoms with Gasteiger partial charge in [-0.2, -0.15) is 0 Å². The Labute approximate surface area is 106 Å². The number of rotatable bonds is 7. The molecule has 0 rings (SSSR count). The zero-order valence-electron chi connectivity index (χ0n) is 10.9. The molecule has 2 N–H and O–H groups in total. The predicted molar refractivity (Wildman–Crippen MR) is 64.1 cm³/mol. The number of hydrogen-bond donors (Lipinski definition) is 2. The fraction of sp³-hybridized carbons (Fsp3) is 0.727. The fourth-order valence-electron chi connectivity index (χ4n) is 1.30. The number of carbonyl (C=O) groups excluding carboxylic acids is 2. The normalized spacial score (nSPS) is 12.0. The number of aliphatic carboxylic acids is 1. The predicted octanol–water partition coefficient (Wildman–Crippen LogP) is 0.444. The number of alkyl carbamates (subject to hydrolysis) is 1. The molecule has 7 heteroatoms. The van der Waals surface area contributed by atoms with E-state index < -0.39 is 18.0 Å². The van der Waals surface area contributed by atoms with Gasteiger partial charge in [-0.15, -0.1) is 0 Å². The number of ether oxygens (including phenoxy) is 1. The molecule has 0 bridgehead atoms. The van der Waals surface area contributed by atoms with Crippen molar-refractivity contribution in [2.45, 2.75) is 33.2 Å². The lowest BCUT2D eigenvalue weighted by Gasteiger charge is -2.25. The van der Waals surface area contributed by atoms with Crippen LogP contribution in [0.3, 0.4) is 0 Å². The molecule has 0 aromatic rings. The summed E-state index contributed by atoms with van der Waals surface area (Å²) in [5.74, 6) is -1.59. The minimum Gasteiger partial charge on any atom is -0.480 e. The van der Waals surface area contributed by atoms with Crippen LogP contribution in [-0.4, -0.2) is 53.7 Å². The topological polar surface area (TPSA) is 95.9 Å². The first-order valence-electron chi connectivity index (χ1n) is 5.83. The van der Waals surface area contributed by atoms with E-state index in [0.717, 1.165) is 0 Å². The summed E-state index contributed by atoms with van der Waals surface area (Å²) in [4.78, 5) is 34.7. The summed E-state index contributed by atoms with van der Waals surface area (Å²) in [7, 11) is 0. The number of imide groups is 1. The Balaban J connectivity index is 4.34. The zero-order valence-corrected chi connectivity index (χ0v) is 10.9. The Hall–Kier alpha value is -1.63. The van der Waals surface area contributed by atoms with Crippen molar-refractivity contribution in [1.82, 2.24) is 10.2 Å². The zero-order chi connectivity index (χ0) is 14.1. The van der Waals surface area contributed by atoms with Crippen LogP contribution < -0.4 is 5.32 Å². The number of nitrogens with one attached hydrogen (secondary N) is 1. The lowest BCUT2D eigenvalue weighted by molar-refractivity contribution is -0.139. The first-order chi connectivity index (χ1) is 8.40. The van der Waals surface area contributed by atoms with Crippen LogP contribution in [0.5, 0.6) is 0 Å². The first kappa shape index (κ1) is 16.4. The van der Waals surface area contributed by atoms with Gasteiger partial charge in [-0.25, -0.2) is 4.79 Å². The second-order valence-corrected chi connectivity index (χ2v) is 3.82. The molecule has 104 valence electrons. The van der Waals surface area contributed by atoms with Crippen molar-refractivity contribution in [3.8, 4) is 0 Å². The van der Waals surface area contributed by atoms with Gasteiger partial charge in [0, 0.05) is 6.04 Å². The molecule has 0 saturated heterocycles. The Morgan fingerprint density at radius 2 is 1.89 bits per heavy atom. The van der Waals surface area contributed by atoms with Crippen LogP contribution in [0, 0.1) is 0 Å². The molecule has 0 aliphatic heterocycles. The van der Waals surface area contributed by atoms with Gasteiger partial charge in [0.1, 0.15) is 0 Å². The highest BCUT2D eigenvalue weighted by molar-refractivity contribution is 5.93. The molecule has 0 aliphatic rings. The van der Waals surface area contributed by atoms with E-state index in [-0.39, 0.29) is 25.7 Å². The molecular formula is C11H20N2O5. The number of amides is 2. The van der Waals surface area contributed by atoms with Gasteiger partial charge in [0.15, 0.2) is 0 Å². The van der Waals surface area contributed by atoms with Gasteiger partial charge >= 0.3 is 12.1 Å². The van der Waals surface area contributed by atoms with E-state index in [1.165, 1.54) is 4.90 Å². The number of carbonyl (C=O) groups is 3. The third kappa shape index (κ3) is 6.85. The van der Waals surface area contributed by atoms with Gasteiger partial charge in [-0.05, 0) is 20.3 Å². The van der Waals surface area contributed by atoms with E-state index in [4.69, 9.17) is 5.11 Å². The fourth-order valence-corrected chi connectivity index (χ4v) is 1.30. The number of hydrogen-bond acceptors (Lipinski definition) is 5. The maximum Gasteiger partial charge on any atom is 0.413 e. The van der Waals surface area contributed by atoms with Crippen molar-refractivity contribution >= 4 is 18.0 Å². The summed E-state index contributed by atoms with van der Waals surface area (Å²) in [5, 5.41) is 10.8. The Morgan fingerprint density at radius 3 is 2.33 bits per heavy atom. The van der Waals surface area contributed by atoms with Crippen LogP contribution >= 0.6 is 0 Å². The minimum atomic E-state index is -1.01. The maximum absolute atomic E-state index is 11.5. The van der Waals surface area contributed by atoms with E-state index in [0.29, 0.717) is 6.42 Å². The summed E-state index contributed by atoms with van der Waals surface area (Å²) < 4.78 is 4.56. The number of nitrogens with zero attached hydrogens (tertiary/aromatic N) is 1. The number of carboxylic acid groups (broad SMARTS) is 1. The molecule has 7 nitrogen and oxygen atoms in total. The second kappa shape index (κ2) is 8.46. The molecule has 0 aliphatic carbocycles. The Kier molecular flexibility index (Phi) is 7.69. The molecule has 1 unspecified atom stereocenters. The molecule has 2 amide bonds. The molecule has 1 atom stereocenters. The lowest BCUT2D eigenvalue weighted by atomic mass is 10.2. The number of carboxylic acids is 1. The van der Waals surface area contributed by atoms with Gasteiger partial charge in [-0.3, -0.25) is 19.8 Å². The van der Waals surface area contributed by atoms with E-state index in [1.807, 2.05) is 19.2 Å². The van der Waals surface area contributed by atoms with Gasteiger partial charge in [0.05, 0.1) is 19.7 Å². The molecule has 0 aromatic heterocycles. The summed E-state index contributed by atoms with van der Waals surface area (Å²) in [6.07, 6.45) is -0.109. The van der Waals surface area contributed by atoms with Gasteiger partial charge in [-0.1, -0.05) is 6.92 Å². The summed E-state index contributed by atoms with van der Waals surface area (Å²) in [6, 6.07) is -0.0611. The maximum atomic E-state index is 11.5. The van der Waals surface area contributed by atoms with Crippen molar-refractivity contribution in [2.24, 2.45) is 0 Å². The molecule has 0 aromatic carbocycles. The quantitative estimate of drug-likeness (QED) is 0.689. The molecule has 0 saturated carbocycles. The van der Waals surface area contributed by atoms with Crippen LogP contribution in [0.2, 0.25) is 0 Å². The molecule has 0 spiro atoms. The van der Waals surface area contributed by atoms with E-state index >= 15 is 0 Å². The summed E-state index contributed by atoms with van der Waals surface area (Å²) >= 11 is 0. The average molecular weight is 260 g/mol. The highest BCUT2D eigenvalue weighted by Crippen LogP contribution is 2.02. The van der Waals surface area contributed by atoms with Crippen LogP contribution in [0.25, 0.3) is 0 Å². The second-order valence-electron chi connectivity index (χ2n) is 3.82. The van der Waals surface area contributed by atoms with Crippen LogP contribution in [0.1, 0.15) is 27.2 Å². The first-order valence-corrected chi connectivity index (χ1v) is 5.83. The van der Waals surface area contributed by atoms with Gasteiger partial charge < -0.3 is 9.84 Å². The van der Waals surface area contributed by atoms with Crippen molar-refractivity contribution in [3.05, 3.63) is 0 Å². The van der Waals surface area contributed by atoms with E-state index in [2.05, 4.69) is 4.74 Å². The largest absolute Gasteiger partial charge is 0.480 e. The molecule has 18 heavy (non-hydrogen) atoms. The summed E-state index contributed by atoms with van der Waals surface area (Å²) in [6.45, 7) is 5.11. The third-order valence-electron chi connectivity index (χ3n) is 2.42. The molecular weight excluding hydrogens is 240 g/mol. The highest BCUT2D eigenvalue weighted by atomic mass is 16.5. The molecule has 0 radical (unpaired) electrons. The van der Waals surface area contributed by atoms with E-state index in [1.54, 1.807) is 6.92 Å². The minimum absolute atomic E-state index is 0.0611. The summed E-state index contributed by atoms with van der Waals surface area (Å²) in [5.41, 5.74) is 0. The SMILES string of the molecule is CCOC(=O)NC(=O)CN(CC(=O)O)C(C)CC. The average Bonchev–Trinajstić information content (AvgIpc) is 2.26.